The van der Waals surface area contributed by atoms with E-state index < -0.39 is 0 Å². The van der Waals surface area contributed by atoms with Crippen LogP contribution in [0.4, 0.5) is 0 Å². The molecular formula is C13H16N2O2. The number of rotatable bonds is 3. The van der Waals surface area contributed by atoms with E-state index in [9.17, 15) is 0 Å². The van der Waals surface area contributed by atoms with Gasteiger partial charge >= 0.3 is 0 Å². The molecule has 0 spiro atoms. The number of hydrogen-bond donors (Lipinski definition) is 1. The van der Waals surface area contributed by atoms with Crippen molar-refractivity contribution < 1.29 is 9.94 Å². The highest BCUT2D eigenvalue weighted by molar-refractivity contribution is 5.97. The van der Waals surface area contributed by atoms with Crippen LogP contribution in [0.1, 0.15) is 5.56 Å². The van der Waals surface area contributed by atoms with E-state index in [1.807, 2.05) is 18.2 Å². The van der Waals surface area contributed by atoms with E-state index in [-0.39, 0.29) is 0 Å². The quantitative estimate of drug-likeness (QED) is 0.639. The number of hydrogen-bond acceptors (Lipinski definition) is 4. The number of nitrogens with zero attached hydrogens (tertiary/aromatic N) is 2. The summed E-state index contributed by atoms with van der Waals surface area (Å²) in [4.78, 5) is 2.17. The Morgan fingerprint density at radius 2 is 2.06 bits per heavy atom. The summed E-state index contributed by atoms with van der Waals surface area (Å²) >= 11 is 0. The summed E-state index contributed by atoms with van der Waals surface area (Å²) in [6.45, 7) is 2.20. The minimum absolute atomic E-state index is 0.629. The van der Waals surface area contributed by atoms with E-state index in [0.29, 0.717) is 12.3 Å². The third-order valence-electron chi connectivity index (χ3n) is 2.73. The SMILES string of the molecule is COC1=CC(=NO)CN(Cc2ccccc2)C1. The van der Waals surface area contributed by atoms with Crippen molar-refractivity contribution in [3.05, 3.63) is 47.7 Å². The number of oxime groups is 1. The second-order valence-corrected chi connectivity index (χ2v) is 4.04. The summed E-state index contributed by atoms with van der Waals surface area (Å²) in [6, 6.07) is 10.2. The highest BCUT2D eigenvalue weighted by Gasteiger charge is 2.17. The highest BCUT2D eigenvalue weighted by atomic mass is 16.5. The summed E-state index contributed by atoms with van der Waals surface area (Å²) in [6.07, 6.45) is 1.78. The zero-order valence-corrected chi connectivity index (χ0v) is 9.84. The molecule has 90 valence electrons. The average Bonchev–Trinajstić information content (AvgIpc) is 2.39. The first-order valence-corrected chi connectivity index (χ1v) is 5.53. The molecule has 17 heavy (non-hydrogen) atoms. The number of benzene rings is 1. The van der Waals surface area contributed by atoms with Gasteiger partial charge in [-0.2, -0.15) is 0 Å². The van der Waals surface area contributed by atoms with E-state index in [4.69, 9.17) is 9.94 Å². The van der Waals surface area contributed by atoms with Gasteiger partial charge in [0.1, 0.15) is 5.76 Å². The third-order valence-corrected chi connectivity index (χ3v) is 2.73. The molecular weight excluding hydrogens is 216 g/mol. The highest BCUT2D eigenvalue weighted by Crippen LogP contribution is 2.12. The Morgan fingerprint density at radius 1 is 1.29 bits per heavy atom. The van der Waals surface area contributed by atoms with Gasteiger partial charge in [-0.15, -0.1) is 0 Å². The van der Waals surface area contributed by atoms with Crippen LogP contribution in [0.2, 0.25) is 0 Å². The van der Waals surface area contributed by atoms with Crippen LogP contribution < -0.4 is 0 Å². The van der Waals surface area contributed by atoms with Crippen LogP contribution in [-0.4, -0.2) is 36.0 Å². The van der Waals surface area contributed by atoms with Crippen LogP contribution in [0, 0.1) is 0 Å². The molecule has 0 aromatic heterocycles. The van der Waals surface area contributed by atoms with Crippen LogP contribution in [-0.2, 0) is 11.3 Å². The van der Waals surface area contributed by atoms with E-state index in [1.54, 1.807) is 13.2 Å². The van der Waals surface area contributed by atoms with Gasteiger partial charge in [0.15, 0.2) is 0 Å². The number of methoxy groups -OCH3 is 1. The summed E-state index contributed by atoms with van der Waals surface area (Å²) in [5, 5.41) is 12.1. The predicted molar refractivity (Wildman–Crippen MR) is 66.0 cm³/mol. The fraction of sp³-hybridized carbons (Fsp3) is 0.308. The molecule has 1 aliphatic heterocycles. The fourth-order valence-corrected chi connectivity index (χ4v) is 1.92. The lowest BCUT2D eigenvalue weighted by molar-refractivity contribution is 0.214. The molecule has 0 atom stereocenters. The average molecular weight is 232 g/mol. The molecule has 0 radical (unpaired) electrons. The maximum atomic E-state index is 8.85. The van der Waals surface area contributed by atoms with Crippen LogP contribution in [0.15, 0.2) is 47.3 Å². The van der Waals surface area contributed by atoms with Gasteiger partial charge in [-0.25, -0.2) is 0 Å². The van der Waals surface area contributed by atoms with Gasteiger partial charge in [0.05, 0.1) is 19.4 Å². The molecule has 0 saturated heterocycles. The van der Waals surface area contributed by atoms with Crippen molar-refractivity contribution in [2.24, 2.45) is 5.16 Å². The first-order chi connectivity index (χ1) is 8.31. The normalized spacial score (nSPS) is 19.1. The van der Waals surface area contributed by atoms with Gasteiger partial charge in [0.25, 0.3) is 0 Å². The first kappa shape index (κ1) is 11.7. The van der Waals surface area contributed by atoms with Gasteiger partial charge < -0.3 is 9.94 Å². The van der Waals surface area contributed by atoms with Gasteiger partial charge in [0, 0.05) is 19.2 Å². The Hall–Kier alpha value is -1.81. The van der Waals surface area contributed by atoms with Crippen LogP contribution in [0.5, 0.6) is 0 Å². The summed E-state index contributed by atoms with van der Waals surface area (Å²) in [7, 11) is 1.63. The van der Waals surface area contributed by atoms with E-state index in [0.717, 1.165) is 18.8 Å². The Balaban J connectivity index is 2.06. The molecule has 1 N–H and O–H groups in total. The molecule has 0 amide bonds. The predicted octanol–water partition coefficient (Wildman–Crippen LogP) is 1.86. The molecule has 1 heterocycles. The van der Waals surface area contributed by atoms with Gasteiger partial charge in [-0.1, -0.05) is 35.5 Å². The van der Waals surface area contributed by atoms with Crippen LogP contribution >= 0.6 is 0 Å². The first-order valence-electron chi connectivity index (χ1n) is 5.53. The van der Waals surface area contributed by atoms with Gasteiger partial charge in [0.2, 0.25) is 0 Å². The maximum Gasteiger partial charge on any atom is 0.112 e. The summed E-state index contributed by atoms with van der Waals surface area (Å²) < 4.78 is 5.22. The smallest absolute Gasteiger partial charge is 0.112 e. The summed E-state index contributed by atoms with van der Waals surface area (Å²) in [5.74, 6) is 0.819. The fourth-order valence-electron chi connectivity index (χ4n) is 1.92. The lowest BCUT2D eigenvalue weighted by Crippen LogP contribution is -2.35. The largest absolute Gasteiger partial charge is 0.500 e. The van der Waals surface area contributed by atoms with Crippen molar-refractivity contribution in [2.75, 3.05) is 20.2 Å². The molecule has 0 unspecified atom stereocenters. The van der Waals surface area contributed by atoms with Gasteiger partial charge in [-0.05, 0) is 5.56 Å². The van der Waals surface area contributed by atoms with E-state index >= 15 is 0 Å². The Bertz CT molecular complexity index is 426. The van der Waals surface area contributed by atoms with Crippen molar-refractivity contribution in [1.82, 2.24) is 4.90 Å². The third kappa shape index (κ3) is 3.07. The standard InChI is InChI=1S/C13H16N2O2/c1-17-13-7-12(14-16)9-15(10-13)8-11-5-3-2-4-6-11/h2-7,16H,8-10H2,1H3. The molecule has 0 fully saturated rings. The molecule has 1 aromatic rings. The second-order valence-electron chi connectivity index (χ2n) is 4.04. The second kappa shape index (κ2) is 5.50. The molecule has 0 bridgehead atoms. The molecule has 2 rings (SSSR count). The molecule has 0 saturated carbocycles. The Morgan fingerprint density at radius 3 is 2.71 bits per heavy atom. The van der Waals surface area contributed by atoms with Crippen molar-refractivity contribution in [2.45, 2.75) is 6.54 Å². The summed E-state index contributed by atoms with van der Waals surface area (Å²) in [5.41, 5.74) is 1.87. The van der Waals surface area contributed by atoms with Crippen molar-refractivity contribution in [3.63, 3.8) is 0 Å². The van der Waals surface area contributed by atoms with Crippen molar-refractivity contribution >= 4 is 5.71 Å². The Kier molecular flexibility index (Phi) is 3.77. The zero-order valence-electron chi connectivity index (χ0n) is 9.84. The zero-order chi connectivity index (χ0) is 12.1. The molecule has 4 heteroatoms. The lowest BCUT2D eigenvalue weighted by atomic mass is 10.1. The topological polar surface area (TPSA) is 45.1 Å². The minimum Gasteiger partial charge on any atom is -0.500 e. The van der Waals surface area contributed by atoms with Crippen molar-refractivity contribution in [1.29, 1.82) is 0 Å². The monoisotopic (exact) mass is 232 g/mol. The minimum atomic E-state index is 0.629. The van der Waals surface area contributed by atoms with Crippen LogP contribution in [0.25, 0.3) is 0 Å². The number of ether oxygens (including phenoxy) is 1. The van der Waals surface area contributed by atoms with E-state index in [1.165, 1.54) is 5.56 Å². The Labute approximate surface area is 101 Å². The lowest BCUT2D eigenvalue weighted by Gasteiger charge is -2.26. The molecule has 4 nitrogen and oxygen atoms in total. The van der Waals surface area contributed by atoms with Gasteiger partial charge in [-0.3, -0.25) is 4.90 Å². The molecule has 1 aliphatic rings. The molecule has 0 aliphatic carbocycles. The maximum absolute atomic E-state index is 8.85. The van der Waals surface area contributed by atoms with Crippen molar-refractivity contribution in [3.8, 4) is 0 Å². The van der Waals surface area contributed by atoms with Crippen LogP contribution in [0.3, 0.4) is 0 Å². The van der Waals surface area contributed by atoms with E-state index in [2.05, 4.69) is 22.2 Å². The molecule has 1 aromatic carbocycles.